The second kappa shape index (κ2) is 11.2. The van der Waals surface area contributed by atoms with Crippen LogP contribution in [0.2, 0.25) is 0 Å². The van der Waals surface area contributed by atoms with Crippen LogP contribution >= 0.6 is 11.3 Å². The molecule has 4 rings (SSSR count). The summed E-state index contributed by atoms with van der Waals surface area (Å²) in [6, 6.07) is 11.8. The van der Waals surface area contributed by atoms with E-state index in [9.17, 15) is 18.0 Å². The molecule has 1 amide bonds. The Balaban J connectivity index is 1.36. The monoisotopic (exact) mass is 529 g/mol. The van der Waals surface area contributed by atoms with Crippen molar-refractivity contribution in [3.8, 4) is 17.0 Å². The van der Waals surface area contributed by atoms with Gasteiger partial charge in [0, 0.05) is 24.0 Å². The van der Waals surface area contributed by atoms with Crippen LogP contribution in [0.3, 0.4) is 0 Å². The maximum atomic E-state index is 13.1. The van der Waals surface area contributed by atoms with Crippen LogP contribution < -0.4 is 10.1 Å². The standard InChI is InChI=1S/C25H27N3O6S2/c1-17-6-7-19(14-22(17)36(31,32)28-12-4-3-5-13-28)24(30)34-15-23(29)27-25-26-21(16-35-25)18-8-10-20(33-2)11-9-18/h6-11,14,16H,3-5,12-13,15H2,1-2H3,(H,26,27,29). The highest BCUT2D eigenvalue weighted by Gasteiger charge is 2.28. The molecule has 0 radical (unpaired) electrons. The molecular weight excluding hydrogens is 502 g/mol. The number of piperidine rings is 1. The number of ether oxygens (including phenoxy) is 2. The molecule has 36 heavy (non-hydrogen) atoms. The third-order valence-corrected chi connectivity index (χ3v) is 8.63. The van der Waals surface area contributed by atoms with Gasteiger partial charge < -0.3 is 9.47 Å². The fourth-order valence-electron chi connectivity index (χ4n) is 3.84. The molecule has 3 aromatic rings. The van der Waals surface area contributed by atoms with Crippen LogP contribution in [0.5, 0.6) is 5.75 Å². The zero-order chi connectivity index (χ0) is 25.7. The predicted molar refractivity (Wildman–Crippen MR) is 137 cm³/mol. The van der Waals surface area contributed by atoms with Crippen molar-refractivity contribution in [1.82, 2.24) is 9.29 Å². The molecule has 11 heteroatoms. The number of benzene rings is 2. The summed E-state index contributed by atoms with van der Waals surface area (Å²) in [5.74, 6) is -0.598. The molecule has 1 aliphatic heterocycles. The fraction of sp³-hybridized carbons (Fsp3) is 0.320. The van der Waals surface area contributed by atoms with E-state index in [0.717, 1.165) is 30.6 Å². The topological polar surface area (TPSA) is 115 Å². The molecule has 9 nitrogen and oxygen atoms in total. The number of anilines is 1. The number of carbonyl (C=O) groups excluding carboxylic acids is 2. The van der Waals surface area contributed by atoms with E-state index in [-0.39, 0.29) is 10.5 Å². The number of aromatic nitrogens is 1. The summed E-state index contributed by atoms with van der Waals surface area (Å²) in [5.41, 5.74) is 2.18. The lowest BCUT2D eigenvalue weighted by molar-refractivity contribution is -0.119. The highest BCUT2D eigenvalue weighted by atomic mass is 32.2. The van der Waals surface area contributed by atoms with E-state index in [1.807, 2.05) is 24.3 Å². The molecule has 1 aliphatic rings. The molecule has 0 unspecified atom stereocenters. The Morgan fingerprint density at radius 2 is 1.81 bits per heavy atom. The van der Waals surface area contributed by atoms with Gasteiger partial charge in [0.25, 0.3) is 5.91 Å². The fourth-order valence-corrected chi connectivity index (χ4v) is 6.35. The van der Waals surface area contributed by atoms with E-state index in [1.54, 1.807) is 25.5 Å². The zero-order valence-corrected chi connectivity index (χ0v) is 21.7. The van der Waals surface area contributed by atoms with Crippen molar-refractivity contribution < 1.29 is 27.5 Å². The Bertz CT molecular complexity index is 1350. The van der Waals surface area contributed by atoms with Crippen LogP contribution in [0.4, 0.5) is 5.13 Å². The Morgan fingerprint density at radius 3 is 2.50 bits per heavy atom. The van der Waals surface area contributed by atoms with Gasteiger partial charge in [0.1, 0.15) is 5.75 Å². The maximum absolute atomic E-state index is 13.1. The van der Waals surface area contributed by atoms with Gasteiger partial charge in [-0.2, -0.15) is 4.31 Å². The summed E-state index contributed by atoms with van der Waals surface area (Å²) >= 11 is 1.25. The highest BCUT2D eigenvalue weighted by molar-refractivity contribution is 7.89. The van der Waals surface area contributed by atoms with Crippen molar-refractivity contribution >= 4 is 38.4 Å². The van der Waals surface area contributed by atoms with Crippen LogP contribution in [0.15, 0.2) is 52.7 Å². The average Bonchev–Trinajstić information content (AvgIpc) is 3.36. The number of carbonyl (C=O) groups is 2. The van der Waals surface area contributed by atoms with Crippen molar-refractivity contribution in [1.29, 1.82) is 0 Å². The maximum Gasteiger partial charge on any atom is 0.338 e. The Labute approximate surface area is 214 Å². The smallest absolute Gasteiger partial charge is 0.338 e. The molecule has 0 aliphatic carbocycles. The van der Waals surface area contributed by atoms with Gasteiger partial charge in [0.05, 0.1) is 23.3 Å². The van der Waals surface area contributed by atoms with Crippen LogP contribution in [-0.2, 0) is 19.6 Å². The molecule has 1 N–H and O–H groups in total. The lowest BCUT2D eigenvalue weighted by atomic mass is 10.1. The molecule has 1 fully saturated rings. The summed E-state index contributed by atoms with van der Waals surface area (Å²) in [6.07, 6.45) is 2.63. The summed E-state index contributed by atoms with van der Waals surface area (Å²) in [6.45, 7) is 2.09. The SMILES string of the molecule is COc1ccc(-c2csc(NC(=O)COC(=O)c3ccc(C)c(S(=O)(=O)N4CCCCC4)c3)n2)cc1. The van der Waals surface area contributed by atoms with E-state index >= 15 is 0 Å². The first kappa shape index (κ1) is 25.8. The Hall–Kier alpha value is -3.28. The van der Waals surface area contributed by atoms with Crippen molar-refractivity contribution in [2.75, 3.05) is 32.1 Å². The van der Waals surface area contributed by atoms with Crippen LogP contribution in [0, 0.1) is 6.92 Å². The second-order valence-electron chi connectivity index (χ2n) is 8.34. The van der Waals surface area contributed by atoms with Crippen molar-refractivity contribution in [3.63, 3.8) is 0 Å². The molecule has 0 atom stereocenters. The quantitative estimate of drug-likeness (QED) is 0.437. The first-order valence-electron chi connectivity index (χ1n) is 11.5. The van der Waals surface area contributed by atoms with Crippen LogP contribution in [0.1, 0.15) is 35.2 Å². The number of amides is 1. The van der Waals surface area contributed by atoms with Gasteiger partial charge >= 0.3 is 5.97 Å². The molecular formula is C25H27N3O6S2. The first-order valence-corrected chi connectivity index (χ1v) is 13.8. The highest BCUT2D eigenvalue weighted by Crippen LogP contribution is 2.27. The number of sulfonamides is 1. The molecule has 0 spiro atoms. The summed E-state index contributed by atoms with van der Waals surface area (Å²) in [4.78, 5) is 29.4. The van der Waals surface area contributed by atoms with Crippen molar-refractivity contribution in [2.24, 2.45) is 0 Å². The lowest BCUT2D eigenvalue weighted by Crippen LogP contribution is -2.36. The van der Waals surface area contributed by atoms with E-state index in [2.05, 4.69) is 10.3 Å². The van der Waals surface area contributed by atoms with Gasteiger partial charge in [-0.15, -0.1) is 11.3 Å². The molecule has 1 saturated heterocycles. The number of nitrogens with zero attached hydrogens (tertiary/aromatic N) is 2. The number of hydrogen-bond donors (Lipinski definition) is 1. The minimum atomic E-state index is -3.71. The Morgan fingerprint density at radius 1 is 1.08 bits per heavy atom. The van der Waals surface area contributed by atoms with Crippen molar-refractivity contribution in [2.45, 2.75) is 31.1 Å². The number of thiazole rings is 1. The van der Waals surface area contributed by atoms with Crippen LogP contribution in [0.25, 0.3) is 11.3 Å². The number of esters is 1. The Kier molecular flexibility index (Phi) is 8.02. The number of nitrogens with one attached hydrogen (secondary N) is 1. The minimum absolute atomic E-state index is 0.0695. The lowest BCUT2D eigenvalue weighted by Gasteiger charge is -2.26. The zero-order valence-electron chi connectivity index (χ0n) is 20.0. The normalized spacial score (nSPS) is 14.3. The second-order valence-corrected chi connectivity index (χ2v) is 11.1. The van der Waals surface area contributed by atoms with E-state index in [0.29, 0.717) is 29.5 Å². The predicted octanol–water partition coefficient (Wildman–Crippen LogP) is 4.10. The van der Waals surface area contributed by atoms with E-state index in [1.165, 1.54) is 27.8 Å². The summed E-state index contributed by atoms with van der Waals surface area (Å²) in [7, 11) is -2.12. The van der Waals surface area contributed by atoms with E-state index < -0.39 is 28.5 Å². The number of hydrogen-bond acceptors (Lipinski definition) is 8. The molecule has 2 aromatic carbocycles. The largest absolute Gasteiger partial charge is 0.497 e. The number of methoxy groups -OCH3 is 1. The van der Waals surface area contributed by atoms with Gasteiger partial charge in [-0.1, -0.05) is 12.5 Å². The molecule has 2 heterocycles. The molecule has 190 valence electrons. The minimum Gasteiger partial charge on any atom is -0.497 e. The van der Waals surface area contributed by atoms with Gasteiger partial charge in [-0.05, 0) is 61.7 Å². The molecule has 0 bridgehead atoms. The van der Waals surface area contributed by atoms with Gasteiger partial charge in [-0.25, -0.2) is 18.2 Å². The number of rotatable bonds is 8. The average molecular weight is 530 g/mol. The first-order chi connectivity index (χ1) is 17.3. The third kappa shape index (κ3) is 5.92. The summed E-state index contributed by atoms with van der Waals surface area (Å²) < 4.78 is 37.9. The third-order valence-electron chi connectivity index (χ3n) is 5.83. The molecule has 1 aromatic heterocycles. The van der Waals surface area contributed by atoms with Gasteiger partial charge in [0.2, 0.25) is 10.0 Å². The summed E-state index contributed by atoms with van der Waals surface area (Å²) in [5, 5.41) is 4.79. The molecule has 0 saturated carbocycles. The van der Waals surface area contributed by atoms with Crippen molar-refractivity contribution in [3.05, 3.63) is 59.0 Å². The number of aryl methyl sites for hydroxylation is 1. The van der Waals surface area contributed by atoms with Gasteiger partial charge in [0.15, 0.2) is 11.7 Å². The van der Waals surface area contributed by atoms with E-state index in [4.69, 9.17) is 9.47 Å². The van der Waals surface area contributed by atoms with Gasteiger partial charge in [-0.3, -0.25) is 10.1 Å². The van der Waals surface area contributed by atoms with Crippen LogP contribution in [-0.4, -0.2) is 56.4 Å².